The van der Waals surface area contributed by atoms with E-state index < -0.39 is 22.8 Å². The van der Waals surface area contributed by atoms with Gasteiger partial charge in [-0.2, -0.15) is 0 Å². The third-order valence-corrected chi connectivity index (χ3v) is 5.82. The fraction of sp³-hybridized carbons (Fsp3) is 0.368. The van der Waals surface area contributed by atoms with Crippen molar-refractivity contribution >= 4 is 40.5 Å². The number of urea groups is 1. The smallest absolute Gasteiger partial charge is 0.328 e. The van der Waals surface area contributed by atoms with E-state index in [4.69, 9.17) is 17.3 Å². The highest BCUT2D eigenvalue weighted by Crippen LogP contribution is 2.47. The van der Waals surface area contributed by atoms with Crippen molar-refractivity contribution in [1.82, 2.24) is 9.80 Å². The molecule has 2 aliphatic heterocycles. The summed E-state index contributed by atoms with van der Waals surface area (Å²) >= 11 is 5.96. The Kier molecular flexibility index (Phi) is 5.12. The molecule has 2 aliphatic rings. The molecule has 10 heteroatoms. The van der Waals surface area contributed by atoms with Crippen LogP contribution in [0, 0.1) is 11.2 Å². The average molecular weight is 421 g/mol. The van der Waals surface area contributed by atoms with E-state index in [0.717, 1.165) is 0 Å². The Morgan fingerprint density at radius 2 is 2.03 bits per heavy atom. The number of carbonyl (C=O) groups is 2. The molecule has 0 bridgehead atoms. The van der Waals surface area contributed by atoms with Crippen molar-refractivity contribution in [3.63, 3.8) is 0 Å². The van der Waals surface area contributed by atoms with Crippen molar-refractivity contribution in [2.45, 2.75) is 26.3 Å². The highest BCUT2D eigenvalue weighted by Gasteiger charge is 2.53. The van der Waals surface area contributed by atoms with Crippen LogP contribution in [0.1, 0.15) is 26.3 Å². The first-order valence-corrected chi connectivity index (χ1v) is 9.27. The average Bonchev–Trinajstić information content (AvgIpc) is 2.67. The van der Waals surface area contributed by atoms with Crippen molar-refractivity contribution in [3.8, 4) is 0 Å². The summed E-state index contributed by atoms with van der Waals surface area (Å²) in [6.07, 6.45) is 3.18. The number of benzene rings is 1. The van der Waals surface area contributed by atoms with Gasteiger partial charge in [0, 0.05) is 31.0 Å². The van der Waals surface area contributed by atoms with Crippen molar-refractivity contribution in [1.29, 1.82) is 0 Å². The normalized spacial score (nSPS) is 23.6. The Morgan fingerprint density at radius 1 is 1.34 bits per heavy atom. The van der Waals surface area contributed by atoms with Gasteiger partial charge in [-0.25, -0.2) is 19.2 Å². The monoisotopic (exact) mass is 420 g/mol. The van der Waals surface area contributed by atoms with Crippen LogP contribution in [-0.4, -0.2) is 46.6 Å². The zero-order valence-electron chi connectivity index (χ0n) is 16.5. The number of aliphatic imine (C=N–C) groups is 2. The third kappa shape index (κ3) is 3.35. The van der Waals surface area contributed by atoms with E-state index in [2.05, 4.69) is 15.3 Å². The molecule has 3 amide bonds. The fourth-order valence-corrected chi connectivity index (χ4v) is 3.52. The Hall–Kier alpha value is -2.94. The second-order valence-electron chi connectivity index (χ2n) is 7.55. The molecule has 0 saturated carbocycles. The second kappa shape index (κ2) is 7.14. The minimum absolute atomic E-state index is 0.00578. The summed E-state index contributed by atoms with van der Waals surface area (Å²) in [5, 5.41) is 2.70. The molecule has 3 rings (SSSR count). The highest BCUT2D eigenvalue weighted by molar-refractivity contribution is 6.66. The topological polar surface area (TPSA) is 103 Å². The number of anilines is 1. The second-order valence-corrected chi connectivity index (χ2v) is 7.89. The van der Waals surface area contributed by atoms with Gasteiger partial charge in [-0.3, -0.25) is 14.6 Å². The molecule has 8 nitrogen and oxygen atoms in total. The van der Waals surface area contributed by atoms with Gasteiger partial charge >= 0.3 is 6.03 Å². The number of halogens is 2. The molecule has 1 aromatic rings. The van der Waals surface area contributed by atoms with E-state index in [-0.39, 0.29) is 29.3 Å². The van der Waals surface area contributed by atoms with E-state index in [9.17, 15) is 14.0 Å². The van der Waals surface area contributed by atoms with Crippen LogP contribution in [0.4, 0.5) is 14.9 Å². The molecule has 0 spiro atoms. The first kappa shape index (κ1) is 20.8. The number of hydrogen-bond donors (Lipinski definition) is 2. The highest BCUT2D eigenvalue weighted by atomic mass is 35.5. The zero-order valence-corrected chi connectivity index (χ0v) is 17.3. The molecule has 0 aliphatic carbocycles. The predicted molar refractivity (Wildman–Crippen MR) is 110 cm³/mol. The van der Waals surface area contributed by atoms with Gasteiger partial charge in [0.1, 0.15) is 11.4 Å². The largest absolute Gasteiger partial charge is 0.369 e. The molecule has 0 aromatic heterocycles. The molecule has 29 heavy (non-hydrogen) atoms. The van der Waals surface area contributed by atoms with Crippen LogP contribution in [-0.2, 0) is 10.3 Å². The summed E-state index contributed by atoms with van der Waals surface area (Å²) in [5.41, 5.74) is 4.01. The summed E-state index contributed by atoms with van der Waals surface area (Å²) in [7, 11) is 1.52. The number of nitrogens with zero attached hydrogens (tertiary/aromatic N) is 4. The Labute approximate surface area is 172 Å². The molecular formula is C19H22ClFN6O2. The Bertz CT molecular complexity index is 973. The summed E-state index contributed by atoms with van der Waals surface area (Å²) < 4.78 is 14.8. The lowest BCUT2D eigenvalue weighted by Crippen LogP contribution is -2.58. The van der Waals surface area contributed by atoms with Crippen LogP contribution < -0.4 is 11.1 Å². The third-order valence-electron chi connectivity index (χ3n) is 5.52. The molecule has 1 atom stereocenters. The fourth-order valence-electron chi connectivity index (χ4n) is 3.32. The standard InChI is InChI=1S/C19H22ClFN6O2/c1-18(2)14(28)26(4)16(22)25-19(18,3)12-10-11(6-7-13(12)21)24-17(29)27-9-5-8-23-15(27)20/h5-8,10H,9H2,1-4H3,(H2,22,25)(H,24,29)/t19-/m1/s1. The summed E-state index contributed by atoms with van der Waals surface area (Å²) in [4.78, 5) is 36.1. The van der Waals surface area contributed by atoms with Crippen LogP contribution >= 0.6 is 11.6 Å². The van der Waals surface area contributed by atoms with E-state index in [0.29, 0.717) is 5.69 Å². The van der Waals surface area contributed by atoms with Crippen molar-refractivity contribution in [2.24, 2.45) is 21.1 Å². The molecule has 154 valence electrons. The number of guanidine groups is 1. The van der Waals surface area contributed by atoms with Crippen LogP contribution in [0.15, 0.2) is 40.5 Å². The predicted octanol–water partition coefficient (Wildman–Crippen LogP) is 2.81. The number of amides is 3. The van der Waals surface area contributed by atoms with E-state index in [1.54, 1.807) is 26.8 Å². The summed E-state index contributed by atoms with van der Waals surface area (Å²) in [5.74, 6) is -0.855. The zero-order chi connectivity index (χ0) is 21.6. The molecular weight excluding hydrogens is 399 g/mol. The van der Waals surface area contributed by atoms with Crippen LogP contribution in [0.2, 0.25) is 0 Å². The molecule has 0 saturated heterocycles. The lowest BCUT2D eigenvalue weighted by molar-refractivity contribution is -0.140. The number of hydrogen-bond acceptors (Lipinski definition) is 5. The first-order valence-electron chi connectivity index (χ1n) is 8.89. The number of nitrogens with two attached hydrogens (primary N) is 1. The maximum absolute atomic E-state index is 14.8. The van der Waals surface area contributed by atoms with Gasteiger partial charge in [0.05, 0.1) is 5.41 Å². The van der Waals surface area contributed by atoms with Crippen LogP contribution in [0.25, 0.3) is 0 Å². The summed E-state index contributed by atoms with van der Waals surface area (Å²) in [6.45, 7) is 5.27. The van der Waals surface area contributed by atoms with Gasteiger partial charge in [-0.15, -0.1) is 0 Å². The molecule has 0 radical (unpaired) electrons. The lowest BCUT2D eigenvalue weighted by atomic mass is 9.67. The Balaban J connectivity index is 1.99. The van der Waals surface area contributed by atoms with E-state index in [1.807, 2.05) is 0 Å². The SMILES string of the molecule is CN1C(=O)C(C)(C)[C@@](C)(c2cc(NC(=O)N3CC=CN=C3Cl)ccc2F)N=C1N. The van der Waals surface area contributed by atoms with Crippen LogP contribution in [0.5, 0.6) is 0 Å². The maximum Gasteiger partial charge on any atom is 0.328 e. The van der Waals surface area contributed by atoms with Crippen molar-refractivity contribution in [3.05, 3.63) is 41.9 Å². The van der Waals surface area contributed by atoms with Gasteiger partial charge in [-0.1, -0.05) is 0 Å². The molecule has 1 aromatic carbocycles. The van der Waals surface area contributed by atoms with E-state index in [1.165, 1.54) is 41.2 Å². The Morgan fingerprint density at radius 3 is 2.69 bits per heavy atom. The molecule has 0 unspecified atom stereocenters. The lowest BCUT2D eigenvalue weighted by Gasteiger charge is -2.46. The minimum Gasteiger partial charge on any atom is -0.369 e. The number of amidine groups is 1. The number of nitrogens with one attached hydrogen (secondary N) is 1. The number of carbonyl (C=O) groups excluding carboxylic acids is 2. The summed E-state index contributed by atoms with van der Waals surface area (Å²) in [6, 6.07) is 3.57. The molecule has 3 N–H and O–H groups in total. The van der Waals surface area contributed by atoms with Gasteiger partial charge < -0.3 is 11.1 Å². The first-order chi connectivity index (χ1) is 13.5. The van der Waals surface area contributed by atoms with Gasteiger partial charge in [0.15, 0.2) is 5.96 Å². The van der Waals surface area contributed by atoms with Crippen molar-refractivity contribution in [2.75, 3.05) is 18.9 Å². The van der Waals surface area contributed by atoms with E-state index >= 15 is 0 Å². The van der Waals surface area contributed by atoms with Gasteiger partial charge in [-0.05, 0) is 56.6 Å². The maximum atomic E-state index is 14.8. The molecule has 2 heterocycles. The quantitative estimate of drug-likeness (QED) is 0.719. The van der Waals surface area contributed by atoms with Gasteiger partial charge in [0.25, 0.3) is 0 Å². The van der Waals surface area contributed by atoms with Gasteiger partial charge in [0.2, 0.25) is 11.2 Å². The van der Waals surface area contributed by atoms with Crippen LogP contribution in [0.3, 0.4) is 0 Å². The minimum atomic E-state index is -1.28. The number of rotatable bonds is 2. The van der Waals surface area contributed by atoms with Crippen molar-refractivity contribution < 1.29 is 14.0 Å². The molecule has 0 fully saturated rings.